The summed E-state index contributed by atoms with van der Waals surface area (Å²) < 4.78 is 40.2. The van der Waals surface area contributed by atoms with Crippen molar-refractivity contribution in [3.05, 3.63) is 50.4 Å². The van der Waals surface area contributed by atoms with Crippen LogP contribution in [0.4, 0.5) is 18.9 Å². The van der Waals surface area contributed by atoms with Gasteiger partial charge in [-0.1, -0.05) is 0 Å². The van der Waals surface area contributed by atoms with Crippen molar-refractivity contribution in [3.63, 3.8) is 0 Å². The van der Waals surface area contributed by atoms with E-state index in [1.807, 2.05) is 18.4 Å². The van der Waals surface area contributed by atoms with Crippen LogP contribution in [-0.2, 0) is 0 Å². The van der Waals surface area contributed by atoms with Crippen LogP contribution in [0.15, 0.2) is 28.1 Å². The second kappa shape index (κ2) is 5.32. The van der Waals surface area contributed by atoms with Gasteiger partial charge in [0.15, 0.2) is 17.5 Å². The Balaban J connectivity index is 2.22. The Morgan fingerprint density at radius 2 is 1.94 bits per heavy atom. The summed E-state index contributed by atoms with van der Waals surface area (Å²) in [5, 5.41) is 4.71. The fourth-order valence-corrected chi connectivity index (χ4v) is 2.95. The Morgan fingerprint density at radius 1 is 1.22 bits per heavy atom. The maximum absolute atomic E-state index is 13.5. The molecule has 6 heteroatoms. The van der Waals surface area contributed by atoms with Crippen LogP contribution in [-0.4, -0.2) is 0 Å². The fraction of sp³-hybridized carbons (Fsp3) is 0.167. The van der Waals surface area contributed by atoms with E-state index in [1.165, 1.54) is 17.4 Å². The number of benzene rings is 1. The van der Waals surface area contributed by atoms with Gasteiger partial charge in [0.25, 0.3) is 0 Å². The van der Waals surface area contributed by atoms with Crippen molar-refractivity contribution in [1.82, 2.24) is 0 Å². The lowest BCUT2D eigenvalue weighted by molar-refractivity contribution is 0.448. The van der Waals surface area contributed by atoms with Gasteiger partial charge in [-0.15, -0.1) is 11.3 Å². The lowest BCUT2D eigenvalue weighted by Crippen LogP contribution is -2.08. The first-order valence-electron chi connectivity index (χ1n) is 5.13. The number of rotatable bonds is 3. The van der Waals surface area contributed by atoms with E-state index in [1.54, 1.807) is 0 Å². The van der Waals surface area contributed by atoms with E-state index in [2.05, 4.69) is 21.2 Å². The Bertz CT molecular complexity index is 570. The van der Waals surface area contributed by atoms with Gasteiger partial charge in [0.05, 0.1) is 11.7 Å². The number of thiophene rings is 1. The normalized spacial score (nSPS) is 12.5. The molecule has 1 aromatic heterocycles. The highest BCUT2D eigenvalue weighted by molar-refractivity contribution is 9.10. The molecule has 18 heavy (non-hydrogen) atoms. The minimum atomic E-state index is -1.46. The third kappa shape index (κ3) is 2.70. The van der Waals surface area contributed by atoms with Crippen LogP contribution in [0.5, 0.6) is 0 Å². The summed E-state index contributed by atoms with van der Waals surface area (Å²) in [6, 6.07) is 3.78. The Hall–Kier alpha value is -1.01. The molecule has 0 saturated heterocycles. The molecule has 1 nitrogen and oxygen atoms in total. The summed E-state index contributed by atoms with van der Waals surface area (Å²) in [5.41, 5.74) is -0.0501. The highest BCUT2D eigenvalue weighted by Gasteiger charge is 2.16. The van der Waals surface area contributed by atoms with Crippen molar-refractivity contribution in [2.45, 2.75) is 13.0 Å². The molecule has 0 aliphatic heterocycles. The molecular formula is C12H9BrF3NS. The van der Waals surface area contributed by atoms with Gasteiger partial charge in [0.2, 0.25) is 0 Å². The smallest absolute Gasteiger partial charge is 0.196 e. The van der Waals surface area contributed by atoms with Gasteiger partial charge in [-0.3, -0.25) is 0 Å². The van der Waals surface area contributed by atoms with Gasteiger partial charge >= 0.3 is 0 Å². The van der Waals surface area contributed by atoms with Gasteiger partial charge in [0, 0.05) is 14.7 Å². The van der Waals surface area contributed by atoms with Crippen LogP contribution >= 0.6 is 27.3 Å². The maximum atomic E-state index is 13.5. The lowest BCUT2D eigenvalue weighted by Gasteiger charge is -2.14. The standard InChI is InChI=1S/C12H9BrF3NS/c1-6(10-4-7(13)5-18-10)17-9-3-2-8(14)11(15)12(9)16/h2-6,17H,1H3. The highest BCUT2D eigenvalue weighted by atomic mass is 79.9. The molecule has 96 valence electrons. The summed E-state index contributed by atoms with van der Waals surface area (Å²) in [7, 11) is 0. The summed E-state index contributed by atoms with van der Waals surface area (Å²) in [4.78, 5) is 0.964. The molecule has 1 N–H and O–H groups in total. The van der Waals surface area contributed by atoms with Crippen LogP contribution < -0.4 is 5.32 Å². The van der Waals surface area contributed by atoms with Gasteiger partial charge in [-0.25, -0.2) is 13.2 Å². The first-order valence-corrected chi connectivity index (χ1v) is 6.80. The molecule has 0 amide bonds. The monoisotopic (exact) mass is 335 g/mol. The molecule has 0 fully saturated rings. The molecule has 1 atom stereocenters. The lowest BCUT2D eigenvalue weighted by atomic mass is 10.2. The molecule has 0 saturated carbocycles. The number of hydrogen-bond acceptors (Lipinski definition) is 2. The molecule has 1 unspecified atom stereocenters. The molecule has 1 heterocycles. The van der Waals surface area contributed by atoms with Crippen molar-refractivity contribution in [3.8, 4) is 0 Å². The zero-order valence-electron chi connectivity index (χ0n) is 9.31. The first kappa shape index (κ1) is 13.4. The van der Waals surface area contributed by atoms with Gasteiger partial charge in [0.1, 0.15) is 0 Å². The number of halogens is 4. The maximum Gasteiger partial charge on any atom is 0.196 e. The zero-order valence-corrected chi connectivity index (χ0v) is 11.7. The van der Waals surface area contributed by atoms with Crippen LogP contribution in [0.1, 0.15) is 17.8 Å². The molecule has 0 bridgehead atoms. The second-order valence-corrected chi connectivity index (χ2v) is 5.61. The average molecular weight is 336 g/mol. The largest absolute Gasteiger partial charge is 0.375 e. The Kier molecular flexibility index (Phi) is 3.97. The number of anilines is 1. The summed E-state index contributed by atoms with van der Waals surface area (Å²) in [5.74, 6) is -3.85. The van der Waals surface area contributed by atoms with E-state index in [4.69, 9.17) is 0 Å². The Labute approximate surface area is 115 Å². The minimum absolute atomic E-state index is 0.0501. The third-order valence-electron chi connectivity index (χ3n) is 2.42. The SMILES string of the molecule is CC(Nc1ccc(F)c(F)c1F)c1cc(Br)cs1. The van der Waals surface area contributed by atoms with Crippen molar-refractivity contribution < 1.29 is 13.2 Å². The van der Waals surface area contributed by atoms with Crippen molar-refractivity contribution >= 4 is 33.0 Å². The van der Waals surface area contributed by atoms with E-state index in [9.17, 15) is 13.2 Å². The fourth-order valence-electron chi connectivity index (χ4n) is 1.50. The van der Waals surface area contributed by atoms with E-state index >= 15 is 0 Å². The van der Waals surface area contributed by atoms with E-state index in [-0.39, 0.29) is 11.7 Å². The summed E-state index contributed by atoms with van der Waals surface area (Å²) >= 11 is 4.81. The van der Waals surface area contributed by atoms with Gasteiger partial charge < -0.3 is 5.32 Å². The van der Waals surface area contributed by atoms with Gasteiger partial charge in [-0.05, 0) is 41.1 Å². The number of nitrogens with one attached hydrogen (secondary N) is 1. The van der Waals surface area contributed by atoms with Crippen LogP contribution in [0.25, 0.3) is 0 Å². The molecule has 0 spiro atoms. The van der Waals surface area contributed by atoms with Crippen LogP contribution in [0, 0.1) is 17.5 Å². The van der Waals surface area contributed by atoms with Crippen molar-refractivity contribution in [1.29, 1.82) is 0 Å². The zero-order chi connectivity index (χ0) is 13.3. The third-order valence-corrected chi connectivity index (χ3v) is 4.30. The summed E-state index contributed by atoms with van der Waals surface area (Å²) in [6.45, 7) is 1.82. The van der Waals surface area contributed by atoms with E-state index < -0.39 is 17.5 Å². The molecule has 2 aromatic rings. The molecule has 0 aliphatic carbocycles. The molecule has 0 radical (unpaired) electrons. The second-order valence-electron chi connectivity index (χ2n) is 3.76. The quantitative estimate of drug-likeness (QED) is 0.769. The van der Waals surface area contributed by atoms with Crippen LogP contribution in [0.3, 0.4) is 0 Å². The van der Waals surface area contributed by atoms with E-state index in [0.717, 1.165) is 15.4 Å². The highest BCUT2D eigenvalue weighted by Crippen LogP contribution is 2.29. The summed E-state index contributed by atoms with van der Waals surface area (Å²) in [6.07, 6.45) is 0. The topological polar surface area (TPSA) is 12.0 Å². The van der Waals surface area contributed by atoms with Gasteiger partial charge in [-0.2, -0.15) is 0 Å². The average Bonchev–Trinajstić information content (AvgIpc) is 2.77. The molecule has 0 aliphatic rings. The van der Waals surface area contributed by atoms with Crippen LogP contribution in [0.2, 0.25) is 0 Å². The predicted octanol–water partition coefficient (Wildman–Crippen LogP) is 5.10. The van der Waals surface area contributed by atoms with Crippen molar-refractivity contribution in [2.24, 2.45) is 0 Å². The number of hydrogen-bond donors (Lipinski definition) is 1. The Morgan fingerprint density at radius 3 is 2.56 bits per heavy atom. The van der Waals surface area contributed by atoms with E-state index in [0.29, 0.717) is 0 Å². The predicted molar refractivity (Wildman–Crippen MR) is 70.4 cm³/mol. The molecular weight excluding hydrogens is 327 g/mol. The molecule has 1 aromatic carbocycles. The minimum Gasteiger partial charge on any atom is -0.375 e. The molecule has 2 rings (SSSR count). The first-order chi connectivity index (χ1) is 8.49. The van der Waals surface area contributed by atoms with Crippen molar-refractivity contribution in [2.75, 3.05) is 5.32 Å².